The third kappa shape index (κ3) is 5.44. The van der Waals surface area contributed by atoms with Crippen molar-refractivity contribution >= 4 is 29.0 Å². The van der Waals surface area contributed by atoms with Crippen LogP contribution in [0.1, 0.15) is 42.1 Å². The van der Waals surface area contributed by atoms with Crippen LogP contribution < -0.4 is 28.3 Å². The number of Topliss-reactive ketones (excluding diaryl/α,β-unsaturated/α-hetero) is 1. The number of halogens is 1. The van der Waals surface area contributed by atoms with Gasteiger partial charge in [0.05, 0.1) is 6.16 Å². The zero-order valence-electron chi connectivity index (χ0n) is 19.2. The highest BCUT2D eigenvalue weighted by Gasteiger charge is 2.45. The summed E-state index contributed by atoms with van der Waals surface area (Å²) in [5.74, 6) is 0.680. The lowest BCUT2D eigenvalue weighted by Gasteiger charge is -2.27. The molecule has 0 saturated heterocycles. The molecule has 0 spiro atoms. The van der Waals surface area contributed by atoms with E-state index in [2.05, 4.69) is 117 Å². The minimum atomic E-state index is -1.97. The van der Waals surface area contributed by atoms with Gasteiger partial charge in [0.15, 0.2) is 5.78 Å². The van der Waals surface area contributed by atoms with E-state index in [-0.39, 0.29) is 18.2 Å². The molecule has 1 nitrogen and oxygen atoms in total. The van der Waals surface area contributed by atoms with Crippen LogP contribution in [0.15, 0.2) is 115 Å². The molecule has 0 atom stereocenters. The van der Waals surface area contributed by atoms with Crippen molar-refractivity contribution < 1.29 is 17.2 Å². The van der Waals surface area contributed by atoms with Crippen molar-refractivity contribution in [1.29, 1.82) is 0 Å². The van der Waals surface area contributed by atoms with Gasteiger partial charge in [-0.15, -0.1) is 0 Å². The molecular formula is C30H30ClOP. The van der Waals surface area contributed by atoms with Crippen molar-refractivity contribution in [2.24, 2.45) is 0 Å². The highest BCUT2D eigenvalue weighted by atomic mass is 35.5. The smallest absolute Gasteiger partial charge is 0.166 e. The maximum Gasteiger partial charge on any atom is 0.166 e. The topological polar surface area (TPSA) is 17.1 Å². The standard InChI is InChI=1S/C30H30OP.ClH/c1-24(2)25-18-20-26(21-19-25)30(31)22-23-32(27-12-6-3-7-13-27,28-14-8-4-9-15-28)29-16-10-5-11-17-29;/h3-21,24H,22-23H2,1-2H3;1H/q+1;/p-1. The van der Waals surface area contributed by atoms with Gasteiger partial charge in [0.2, 0.25) is 0 Å². The van der Waals surface area contributed by atoms with Gasteiger partial charge in [0.25, 0.3) is 0 Å². The summed E-state index contributed by atoms with van der Waals surface area (Å²) in [4.78, 5) is 13.3. The number of hydrogen-bond donors (Lipinski definition) is 0. The second kappa shape index (κ2) is 11.4. The van der Waals surface area contributed by atoms with Crippen molar-refractivity contribution in [2.75, 3.05) is 6.16 Å². The average molecular weight is 473 g/mol. The summed E-state index contributed by atoms with van der Waals surface area (Å²) in [5, 5.41) is 3.96. The molecule has 0 aliphatic heterocycles. The van der Waals surface area contributed by atoms with Crippen molar-refractivity contribution in [2.45, 2.75) is 26.2 Å². The van der Waals surface area contributed by atoms with Crippen LogP contribution in [-0.2, 0) is 0 Å². The van der Waals surface area contributed by atoms with Crippen LogP contribution in [0, 0.1) is 0 Å². The van der Waals surface area contributed by atoms with Crippen LogP contribution in [0.4, 0.5) is 0 Å². The molecule has 0 aliphatic rings. The molecule has 0 heterocycles. The van der Waals surface area contributed by atoms with E-state index in [1.807, 2.05) is 12.1 Å². The Bertz CT molecular complexity index is 1040. The fraction of sp³-hybridized carbons (Fsp3) is 0.167. The molecular weight excluding hydrogens is 443 g/mol. The number of carbonyl (C=O) groups is 1. The number of rotatable bonds is 8. The maximum absolute atomic E-state index is 13.3. The molecule has 0 fully saturated rings. The number of benzene rings is 4. The first-order chi connectivity index (χ1) is 15.6. The molecule has 0 radical (unpaired) electrons. The van der Waals surface area contributed by atoms with Crippen LogP contribution in [0.5, 0.6) is 0 Å². The summed E-state index contributed by atoms with van der Waals surface area (Å²) in [6.07, 6.45) is 1.34. The first-order valence-corrected chi connectivity index (χ1v) is 13.3. The highest BCUT2D eigenvalue weighted by Crippen LogP contribution is 2.55. The van der Waals surface area contributed by atoms with E-state index in [0.717, 1.165) is 11.7 Å². The number of hydrogen-bond acceptors (Lipinski definition) is 1. The Morgan fingerprint density at radius 1 is 0.636 bits per heavy atom. The molecule has 0 amide bonds. The fourth-order valence-corrected chi connectivity index (χ4v) is 8.60. The van der Waals surface area contributed by atoms with Crippen molar-refractivity contribution in [3.05, 3.63) is 126 Å². The van der Waals surface area contributed by atoms with E-state index >= 15 is 0 Å². The molecule has 33 heavy (non-hydrogen) atoms. The Labute approximate surface area is 204 Å². The fourth-order valence-electron chi connectivity index (χ4n) is 4.35. The molecule has 0 N–H and O–H groups in total. The second-order valence-corrected chi connectivity index (χ2v) is 12.1. The highest BCUT2D eigenvalue weighted by molar-refractivity contribution is 7.95. The Balaban J connectivity index is 0.00000306. The van der Waals surface area contributed by atoms with Crippen LogP contribution >= 0.6 is 7.26 Å². The lowest BCUT2D eigenvalue weighted by atomic mass is 10.00. The summed E-state index contributed by atoms with van der Waals surface area (Å²) in [5.41, 5.74) is 2.07. The van der Waals surface area contributed by atoms with E-state index in [0.29, 0.717) is 12.3 Å². The molecule has 0 unspecified atom stereocenters. The summed E-state index contributed by atoms with van der Waals surface area (Å²) >= 11 is 0. The van der Waals surface area contributed by atoms with Gasteiger partial charge in [0.1, 0.15) is 23.2 Å². The average Bonchev–Trinajstić information content (AvgIpc) is 2.86. The minimum absolute atomic E-state index is 0. The molecule has 3 heteroatoms. The molecule has 0 aliphatic carbocycles. The van der Waals surface area contributed by atoms with Crippen LogP contribution in [0.2, 0.25) is 0 Å². The molecule has 0 saturated carbocycles. The van der Waals surface area contributed by atoms with Gasteiger partial charge in [-0.3, -0.25) is 4.79 Å². The van der Waals surface area contributed by atoms with Gasteiger partial charge in [-0.1, -0.05) is 92.7 Å². The van der Waals surface area contributed by atoms with E-state index in [1.54, 1.807) is 0 Å². The maximum atomic E-state index is 13.3. The predicted octanol–water partition coefficient (Wildman–Crippen LogP) is 3.38. The second-order valence-electron chi connectivity index (χ2n) is 8.49. The normalized spacial score (nSPS) is 11.1. The summed E-state index contributed by atoms with van der Waals surface area (Å²) < 4.78 is 0. The molecule has 0 aromatic heterocycles. The van der Waals surface area contributed by atoms with E-state index < -0.39 is 7.26 Å². The van der Waals surface area contributed by atoms with Crippen molar-refractivity contribution in [1.82, 2.24) is 0 Å². The largest absolute Gasteiger partial charge is 1.00 e. The van der Waals surface area contributed by atoms with Gasteiger partial charge in [-0.25, -0.2) is 0 Å². The summed E-state index contributed by atoms with van der Waals surface area (Å²) in [6.45, 7) is 4.35. The quantitative estimate of drug-likeness (QED) is 0.284. The van der Waals surface area contributed by atoms with Gasteiger partial charge >= 0.3 is 0 Å². The van der Waals surface area contributed by atoms with Gasteiger partial charge in [-0.2, -0.15) is 0 Å². The molecule has 4 rings (SSSR count). The third-order valence-electron chi connectivity index (χ3n) is 6.16. The Hall–Kier alpha value is -2.73. The van der Waals surface area contributed by atoms with Gasteiger partial charge in [-0.05, 0) is 47.9 Å². The molecule has 0 bridgehead atoms. The van der Waals surface area contributed by atoms with Gasteiger partial charge in [0, 0.05) is 12.0 Å². The monoisotopic (exact) mass is 472 g/mol. The van der Waals surface area contributed by atoms with Crippen LogP contribution in [0.3, 0.4) is 0 Å². The minimum Gasteiger partial charge on any atom is -1.00 e. The van der Waals surface area contributed by atoms with E-state index in [9.17, 15) is 4.79 Å². The van der Waals surface area contributed by atoms with Crippen molar-refractivity contribution in [3.63, 3.8) is 0 Å². The Kier molecular flexibility index (Phi) is 8.61. The van der Waals surface area contributed by atoms with Gasteiger partial charge < -0.3 is 12.4 Å². The SMILES string of the molecule is CC(C)c1ccc(C(=O)CC[P+](c2ccccc2)(c2ccccc2)c2ccccc2)cc1.[Cl-]. The zero-order chi connectivity index (χ0) is 22.4. The number of ketones is 1. The summed E-state index contributed by atoms with van der Waals surface area (Å²) in [6, 6.07) is 40.4. The van der Waals surface area contributed by atoms with Crippen LogP contribution in [-0.4, -0.2) is 11.9 Å². The zero-order valence-corrected chi connectivity index (χ0v) is 20.8. The predicted molar refractivity (Wildman–Crippen MR) is 139 cm³/mol. The van der Waals surface area contributed by atoms with Crippen LogP contribution in [0.25, 0.3) is 0 Å². The molecule has 4 aromatic rings. The molecule has 4 aromatic carbocycles. The first-order valence-electron chi connectivity index (χ1n) is 11.3. The van der Waals surface area contributed by atoms with Crippen molar-refractivity contribution in [3.8, 4) is 0 Å². The number of carbonyl (C=O) groups excluding carboxylic acids is 1. The Morgan fingerprint density at radius 2 is 1.03 bits per heavy atom. The lowest BCUT2D eigenvalue weighted by molar-refractivity contribution is -0.0000142. The lowest BCUT2D eigenvalue weighted by Crippen LogP contribution is -3.00. The molecule has 168 valence electrons. The summed E-state index contributed by atoms with van der Waals surface area (Å²) in [7, 11) is -1.97. The van der Waals surface area contributed by atoms with E-state index in [1.165, 1.54) is 21.5 Å². The van der Waals surface area contributed by atoms with E-state index in [4.69, 9.17) is 0 Å². The Morgan fingerprint density at radius 3 is 1.39 bits per heavy atom. The first kappa shape index (κ1) is 24.9. The third-order valence-corrected chi connectivity index (χ3v) is 10.6.